The van der Waals surface area contributed by atoms with Crippen molar-refractivity contribution in [3.05, 3.63) is 23.7 Å². The minimum Gasteiger partial charge on any atom is -0.459 e. The van der Waals surface area contributed by atoms with E-state index in [9.17, 15) is 14.7 Å². The van der Waals surface area contributed by atoms with Crippen LogP contribution in [0.2, 0.25) is 0 Å². The zero-order valence-electron chi connectivity index (χ0n) is 10.3. The maximum absolute atomic E-state index is 12.2. The van der Waals surface area contributed by atoms with Gasteiger partial charge in [-0.05, 0) is 6.07 Å². The number of furan rings is 1. The zero-order chi connectivity index (χ0) is 13.0. The van der Waals surface area contributed by atoms with Crippen molar-refractivity contribution in [2.24, 2.45) is 5.41 Å². The van der Waals surface area contributed by atoms with E-state index in [1.54, 1.807) is 20.8 Å². The third kappa shape index (κ3) is 1.29. The summed E-state index contributed by atoms with van der Waals surface area (Å²) in [6.45, 7) is 5.22. The van der Waals surface area contributed by atoms with Crippen LogP contribution in [0, 0.1) is 5.41 Å². The average Bonchev–Trinajstić information content (AvgIpc) is 2.71. The van der Waals surface area contributed by atoms with Crippen LogP contribution in [0.15, 0.2) is 16.7 Å². The van der Waals surface area contributed by atoms with Gasteiger partial charge in [-0.1, -0.05) is 20.8 Å². The van der Waals surface area contributed by atoms with Crippen LogP contribution in [0.25, 0.3) is 0 Å². The van der Waals surface area contributed by atoms with E-state index in [0.717, 1.165) is 4.90 Å². The number of hydrogen-bond donors (Lipinski definition) is 1. The largest absolute Gasteiger partial charge is 0.459 e. The molecule has 0 saturated carbocycles. The van der Waals surface area contributed by atoms with Crippen molar-refractivity contribution in [2.75, 3.05) is 7.05 Å². The van der Waals surface area contributed by atoms with Crippen molar-refractivity contribution >= 4 is 11.8 Å². The third-order valence-corrected chi connectivity index (χ3v) is 3.25. The second-order valence-corrected chi connectivity index (χ2v) is 5.29. The molecule has 2 rings (SSSR count). The lowest BCUT2D eigenvalue weighted by molar-refractivity contribution is -0.163. The van der Waals surface area contributed by atoms with Crippen molar-refractivity contribution in [3.63, 3.8) is 0 Å². The quantitative estimate of drug-likeness (QED) is 0.686. The summed E-state index contributed by atoms with van der Waals surface area (Å²) < 4.78 is 5.07. The fraction of sp³-hybridized carbons (Fsp3) is 0.500. The first-order chi connectivity index (χ1) is 7.71. The number of amides is 2. The smallest absolute Gasteiger partial charge is 0.296 e. The number of likely N-dealkylation sites (N-methyl/N-ethyl adjacent to an activating group) is 1. The normalized spacial score (nSPS) is 25.1. The van der Waals surface area contributed by atoms with Gasteiger partial charge in [-0.3, -0.25) is 14.5 Å². The van der Waals surface area contributed by atoms with Crippen molar-refractivity contribution in [1.29, 1.82) is 0 Å². The summed E-state index contributed by atoms with van der Waals surface area (Å²) in [5.41, 5.74) is -2.23. The summed E-state index contributed by atoms with van der Waals surface area (Å²) in [6.07, 6.45) is 1.31. The Morgan fingerprint density at radius 2 is 1.94 bits per heavy atom. The Hall–Kier alpha value is -1.62. The standard InChI is InChI=1S/C12H15NO4/c1-11(2,3)12(16)7-5-6-17-8(7)9(14)13(4)10(12)15/h5-6,16H,1-4H3. The highest BCUT2D eigenvalue weighted by Crippen LogP contribution is 2.45. The summed E-state index contributed by atoms with van der Waals surface area (Å²) in [7, 11) is 1.34. The van der Waals surface area contributed by atoms with E-state index in [-0.39, 0.29) is 11.3 Å². The van der Waals surface area contributed by atoms with Gasteiger partial charge in [0, 0.05) is 18.0 Å². The maximum atomic E-state index is 12.2. The number of carbonyl (C=O) groups excluding carboxylic acids is 2. The number of hydrogen-bond acceptors (Lipinski definition) is 4. The Balaban J connectivity index is 2.74. The highest BCUT2D eigenvalue weighted by Gasteiger charge is 2.56. The van der Waals surface area contributed by atoms with Gasteiger partial charge in [-0.25, -0.2) is 0 Å². The fourth-order valence-corrected chi connectivity index (χ4v) is 2.09. The number of imide groups is 1. The van der Waals surface area contributed by atoms with E-state index in [1.807, 2.05) is 0 Å². The monoisotopic (exact) mass is 237 g/mol. The van der Waals surface area contributed by atoms with Gasteiger partial charge >= 0.3 is 0 Å². The maximum Gasteiger partial charge on any atom is 0.296 e. The lowest BCUT2D eigenvalue weighted by Gasteiger charge is -2.42. The van der Waals surface area contributed by atoms with Gasteiger partial charge in [0.2, 0.25) is 0 Å². The average molecular weight is 237 g/mol. The summed E-state index contributed by atoms with van der Waals surface area (Å²) in [5.74, 6) is -1.11. The molecule has 5 heteroatoms. The molecule has 92 valence electrons. The highest BCUT2D eigenvalue weighted by atomic mass is 16.4. The molecule has 1 aliphatic rings. The van der Waals surface area contributed by atoms with E-state index < -0.39 is 22.8 Å². The van der Waals surface area contributed by atoms with E-state index >= 15 is 0 Å². The molecule has 2 heterocycles. The molecule has 1 aromatic rings. The van der Waals surface area contributed by atoms with Gasteiger partial charge in [-0.15, -0.1) is 0 Å². The summed E-state index contributed by atoms with van der Waals surface area (Å²) >= 11 is 0. The van der Waals surface area contributed by atoms with Crippen LogP contribution in [0.3, 0.4) is 0 Å². The fourth-order valence-electron chi connectivity index (χ4n) is 2.09. The van der Waals surface area contributed by atoms with Gasteiger partial charge in [0.1, 0.15) is 0 Å². The third-order valence-electron chi connectivity index (χ3n) is 3.25. The molecular formula is C12H15NO4. The summed E-state index contributed by atoms with van der Waals surface area (Å²) in [6, 6.07) is 1.48. The van der Waals surface area contributed by atoms with Crippen LogP contribution in [-0.2, 0) is 10.4 Å². The molecule has 0 aromatic carbocycles. The zero-order valence-corrected chi connectivity index (χ0v) is 10.3. The molecule has 1 aliphatic heterocycles. The number of carbonyl (C=O) groups is 2. The molecule has 1 N–H and O–H groups in total. The summed E-state index contributed by atoms with van der Waals surface area (Å²) in [5, 5.41) is 10.7. The van der Waals surface area contributed by atoms with Crippen LogP contribution in [0.1, 0.15) is 36.9 Å². The molecule has 1 unspecified atom stereocenters. The lowest BCUT2D eigenvalue weighted by atomic mass is 9.70. The topological polar surface area (TPSA) is 70.8 Å². The Kier molecular flexibility index (Phi) is 2.23. The molecule has 0 radical (unpaired) electrons. The minimum atomic E-state index is -1.74. The minimum absolute atomic E-state index is 0.0320. The molecule has 0 bridgehead atoms. The van der Waals surface area contributed by atoms with Gasteiger partial charge in [-0.2, -0.15) is 0 Å². The Morgan fingerprint density at radius 3 is 2.47 bits per heavy atom. The SMILES string of the molecule is CN1C(=O)c2occc2C(O)(C(C)(C)C)C1=O. The number of fused-ring (bicyclic) bond motifs is 1. The van der Waals surface area contributed by atoms with Crippen LogP contribution in [0.4, 0.5) is 0 Å². The van der Waals surface area contributed by atoms with Crippen molar-refractivity contribution in [3.8, 4) is 0 Å². The Labute approximate surface area is 99.0 Å². The van der Waals surface area contributed by atoms with Gasteiger partial charge in [0.15, 0.2) is 11.4 Å². The molecule has 17 heavy (non-hydrogen) atoms. The van der Waals surface area contributed by atoms with Crippen LogP contribution in [-0.4, -0.2) is 28.9 Å². The first-order valence-electron chi connectivity index (χ1n) is 5.34. The molecule has 0 spiro atoms. The van der Waals surface area contributed by atoms with Crippen molar-refractivity contribution in [1.82, 2.24) is 4.90 Å². The van der Waals surface area contributed by atoms with Gasteiger partial charge in [0.25, 0.3) is 11.8 Å². The number of nitrogens with zero attached hydrogens (tertiary/aromatic N) is 1. The molecule has 1 atom stereocenters. The Bertz CT molecular complexity index is 497. The Morgan fingerprint density at radius 1 is 1.35 bits per heavy atom. The molecule has 0 fully saturated rings. The van der Waals surface area contributed by atoms with E-state index in [2.05, 4.69) is 0 Å². The second kappa shape index (κ2) is 3.20. The van der Waals surface area contributed by atoms with Crippen LogP contribution < -0.4 is 0 Å². The lowest BCUT2D eigenvalue weighted by Crippen LogP contribution is -2.58. The van der Waals surface area contributed by atoms with Crippen molar-refractivity contribution < 1.29 is 19.1 Å². The van der Waals surface area contributed by atoms with Crippen LogP contribution >= 0.6 is 0 Å². The summed E-state index contributed by atoms with van der Waals surface area (Å²) in [4.78, 5) is 24.9. The van der Waals surface area contributed by atoms with Gasteiger partial charge in [0.05, 0.1) is 6.26 Å². The molecule has 5 nitrogen and oxygen atoms in total. The molecular weight excluding hydrogens is 222 g/mol. The van der Waals surface area contributed by atoms with E-state index in [1.165, 1.54) is 19.4 Å². The second-order valence-electron chi connectivity index (χ2n) is 5.29. The number of rotatable bonds is 0. The first kappa shape index (κ1) is 11.9. The van der Waals surface area contributed by atoms with Crippen LogP contribution in [0.5, 0.6) is 0 Å². The molecule has 0 aliphatic carbocycles. The molecule has 2 amide bonds. The predicted molar refractivity (Wildman–Crippen MR) is 59.2 cm³/mol. The molecule has 0 saturated heterocycles. The van der Waals surface area contributed by atoms with E-state index in [0.29, 0.717) is 0 Å². The predicted octanol–water partition coefficient (Wildman–Crippen LogP) is 1.13. The number of aliphatic hydroxyl groups is 1. The highest BCUT2D eigenvalue weighted by molar-refractivity contribution is 6.11. The molecule has 1 aromatic heterocycles. The first-order valence-corrected chi connectivity index (χ1v) is 5.34. The van der Waals surface area contributed by atoms with E-state index in [4.69, 9.17) is 4.42 Å². The van der Waals surface area contributed by atoms with Gasteiger partial charge < -0.3 is 9.52 Å². The van der Waals surface area contributed by atoms with Crippen molar-refractivity contribution in [2.45, 2.75) is 26.4 Å².